The van der Waals surface area contributed by atoms with Crippen LogP contribution in [0.5, 0.6) is 5.75 Å². The molecule has 3 fully saturated rings. The number of carbonyl (C=O) groups excluding carboxylic acids is 1. The van der Waals surface area contributed by atoms with Gasteiger partial charge in [-0.05, 0) is 72.5 Å². The molecule has 16 heteroatoms. The number of anilines is 1. The van der Waals surface area contributed by atoms with E-state index in [0.717, 1.165) is 5.56 Å². The van der Waals surface area contributed by atoms with Crippen LogP contribution in [0.3, 0.4) is 0 Å². The summed E-state index contributed by atoms with van der Waals surface area (Å²) in [5.41, 5.74) is 1.74. The van der Waals surface area contributed by atoms with Gasteiger partial charge < -0.3 is 64.7 Å². The van der Waals surface area contributed by atoms with Crippen molar-refractivity contribution in [3.8, 4) is 5.75 Å². The third-order valence-corrected chi connectivity index (χ3v) is 10.1. The SMILES string of the molecule is O=C1[C@H](CCC(O)c2ccc(F)cc2)C(c2ccc(OCC3OC(CO)C(OC4OC(CO)C(O)C(O)C4O)C(O)C3O)cc2)N1c1ccc(F)cc1. The van der Waals surface area contributed by atoms with Gasteiger partial charge in [0.1, 0.15) is 78.9 Å². The molecule has 0 saturated carbocycles. The van der Waals surface area contributed by atoms with Crippen molar-refractivity contribution in [2.45, 2.75) is 86.2 Å². The molecule has 14 nitrogen and oxygen atoms in total. The molecule has 3 aromatic rings. The molecule has 3 heterocycles. The van der Waals surface area contributed by atoms with Crippen molar-refractivity contribution in [2.24, 2.45) is 5.92 Å². The molecule has 53 heavy (non-hydrogen) atoms. The highest BCUT2D eigenvalue weighted by Gasteiger charge is 2.51. The van der Waals surface area contributed by atoms with Crippen LogP contribution < -0.4 is 9.64 Å². The predicted octanol–water partition coefficient (Wildman–Crippen LogP) is 0.228. The average molecular weight is 748 g/mol. The molecular formula is C37H43F2NO13. The van der Waals surface area contributed by atoms with Crippen LogP contribution in [0.2, 0.25) is 0 Å². The fraction of sp³-hybridized carbons (Fsp3) is 0.486. The minimum absolute atomic E-state index is 0.206. The molecule has 3 aliphatic rings. The van der Waals surface area contributed by atoms with Gasteiger partial charge in [-0.2, -0.15) is 0 Å². The van der Waals surface area contributed by atoms with Crippen LogP contribution >= 0.6 is 0 Å². The molecule has 8 N–H and O–H groups in total. The van der Waals surface area contributed by atoms with Crippen LogP contribution in [0, 0.1) is 17.6 Å². The lowest BCUT2D eigenvalue weighted by Gasteiger charge is -2.48. The molecule has 0 bridgehead atoms. The first-order valence-corrected chi connectivity index (χ1v) is 17.2. The fourth-order valence-electron chi connectivity index (χ4n) is 7.03. The molecule has 0 aliphatic carbocycles. The third kappa shape index (κ3) is 8.23. The first kappa shape index (κ1) is 39.1. The van der Waals surface area contributed by atoms with E-state index >= 15 is 0 Å². The van der Waals surface area contributed by atoms with Gasteiger partial charge in [0, 0.05) is 5.69 Å². The van der Waals surface area contributed by atoms with Crippen LogP contribution in [-0.4, -0.2) is 128 Å². The Hall–Kier alpha value is -3.65. The predicted molar refractivity (Wildman–Crippen MR) is 179 cm³/mol. The highest BCUT2D eigenvalue weighted by molar-refractivity contribution is 6.03. The third-order valence-electron chi connectivity index (χ3n) is 10.1. The van der Waals surface area contributed by atoms with Crippen molar-refractivity contribution in [1.29, 1.82) is 0 Å². The van der Waals surface area contributed by atoms with Crippen LogP contribution in [0.25, 0.3) is 0 Å². The average Bonchev–Trinajstić information content (AvgIpc) is 3.16. The van der Waals surface area contributed by atoms with Gasteiger partial charge >= 0.3 is 0 Å². The normalized spacial score (nSPS) is 33.7. The smallest absolute Gasteiger partial charge is 0.233 e. The van der Waals surface area contributed by atoms with Gasteiger partial charge in [0.05, 0.1) is 31.3 Å². The van der Waals surface area contributed by atoms with E-state index in [2.05, 4.69) is 0 Å². The van der Waals surface area contributed by atoms with E-state index in [9.17, 15) is 54.4 Å². The van der Waals surface area contributed by atoms with Crippen LogP contribution in [0.1, 0.15) is 36.1 Å². The summed E-state index contributed by atoms with van der Waals surface area (Å²) in [7, 11) is 0. The lowest BCUT2D eigenvalue weighted by molar-refractivity contribution is -0.342. The number of ether oxygens (including phenoxy) is 4. The van der Waals surface area contributed by atoms with Gasteiger partial charge in [-0.15, -0.1) is 0 Å². The van der Waals surface area contributed by atoms with Gasteiger partial charge in [-0.1, -0.05) is 24.3 Å². The monoisotopic (exact) mass is 747 g/mol. The summed E-state index contributed by atoms with van der Waals surface area (Å²) >= 11 is 0. The van der Waals surface area contributed by atoms with Gasteiger partial charge in [0.25, 0.3) is 0 Å². The Labute approximate surface area is 303 Å². The van der Waals surface area contributed by atoms with Crippen molar-refractivity contribution >= 4 is 11.6 Å². The number of rotatable bonds is 13. The standard InChI is InChI=1S/C37H43F2NO13/c38-20-5-1-18(2-6-20)25(43)14-13-24-29(40(36(24)49)22-9-7-21(39)8-10-22)19-3-11-23(12-4-19)50-17-28-31(45)33(47)35(27(16-42)51-28)53-37-34(48)32(46)30(44)26(15-41)52-37/h1-12,24-35,37,41-48H,13-17H2/t24-,25?,26?,27?,28?,29?,30?,31?,32?,33?,34?,35?,37?/m1/s1. The molecule has 3 aliphatic heterocycles. The molecular weight excluding hydrogens is 704 g/mol. The summed E-state index contributed by atoms with van der Waals surface area (Å²) < 4.78 is 49.7. The van der Waals surface area contributed by atoms with Gasteiger partial charge in [-0.25, -0.2) is 8.78 Å². The van der Waals surface area contributed by atoms with E-state index in [4.69, 9.17) is 18.9 Å². The Morgan fingerprint density at radius 2 is 1.32 bits per heavy atom. The number of aliphatic hydroxyl groups is 8. The van der Waals surface area contributed by atoms with Gasteiger partial charge in [0.15, 0.2) is 6.29 Å². The maximum absolute atomic E-state index is 13.7. The molecule has 0 aromatic heterocycles. The Bertz CT molecular complexity index is 1650. The van der Waals surface area contributed by atoms with Crippen LogP contribution in [0.4, 0.5) is 14.5 Å². The summed E-state index contributed by atoms with van der Waals surface area (Å²) in [6, 6.07) is 17.3. The van der Waals surface area contributed by atoms with E-state index in [1.165, 1.54) is 48.5 Å². The maximum Gasteiger partial charge on any atom is 0.233 e. The van der Waals surface area contributed by atoms with E-state index in [1.54, 1.807) is 29.2 Å². The van der Waals surface area contributed by atoms with Crippen molar-refractivity contribution in [3.05, 3.63) is 95.6 Å². The minimum Gasteiger partial charge on any atom is -0.491 e. The molecule has 3 aromatic carbocycles. The van der Waals surface area contributed by atoms with E-state index in [1.807, 2.05) is 0 Å². The van der Waals surface area contributed by atoms with Gasteiger partial charge in [0.2, 0.25) is 5.91 Å². The Balaban J connectivity index is 1.10. The highest BCUT2D eigenvalue weighted by Crippen LogP contribution is 2.46. The van der Waals surface area contributed by atoms with E-state index in [-0.39, 0.29) is 18.9 Å². The summed E-state index contributed by atoms with van der Waals surface area (Å²) in [6.07, 6.45) is -15.6. The number of hydrogen-bond donors (Lipinski definition) is 8. The largest absolute Gasteiger partial charge is 0.491 e. The maximum atomic E-state index is 13.7. The van der Waals surface area contributed by atoms with Crippen LogP contribution in [0.15, 0.2) is 72.8 Å². The number of carbonyl (C=O) groups is 1. The molecule has 0 spiro atoms. The summed E-state index contributed by atoms with van der Waals surface area (Å²) in [5.74, 6) is -1.28. The number of amides is 1. The highest BCUT2D eigenvalue weighted by atomic mass is 19.1. The Morgan fingerprint density at radius 3 is 1.94 bits per heavy atom. The molecule has 12 unspecified atom stereocenters. The van der Waals surface area contributed by atoms with Crippen molar-refractivity contribution in [3.63, 3.8) is 0 Å². The minimum atomic E-state index is -1.79. The zero-order valence-electron chi connectivity index (χ0n) is 28.3. The zero-order chi connectivity index (χ0) is 38.0. The summed E-state index contributed by atoms with van der Waals surface area (Å²) in [5, 5.41) is 82.5. The topological polar surface area (TPSA) is 219 Å². The van der Waals surface area contributed by atoms with Gasteiger partial charge in [-0.3, -0.25) is 4.79 Å². The number of halogens is 2. The lowest BCUT2D eigenvalue weighted by Crippen LogP contribution is -2.65. The number of benzene rings is 3. The lowest BCUT2D eigenvalue weighted by atomic mass is 9.78. The molecule has 288 valence electrons. The summed E-state index contributed by atoms with van der Waals surface area (Å²) in [6.45, 7) is -1.69. The molecule has 6 rings (SSSR count). The second-order valence-corrected chi connectivity index (χ2v) is 13.4. The molecule has 13 atom stereocenters. The number of aliphatic hydroxyl groups excluding tert-OH is 8. The quantitative estimate of drug-likeness (QED) is 0.110. The summed E-state index contributed by atoms with van der Waals surface area (Å²) in [4.78, 5) is 15.0. The second kappa shape index (κ2) is 16.8. The van der Waals surface area contributed by atoms with Crippen molar-refractivity contribution in [2.75, 3.05) is 24.7 Å². The van der Waals surface area contributed by atoms with Crippen LogP contribution in [-0.2, 0) is 19.0 Å². The van der Waals surface area contributed by atoms with Crippen molar-refractivity contribution in [1.82, 2.24) is 0 Å². The van der Waals surface area contributed by atoms with E-state index in [0.29, 0.717) is 23.4 Å². The van der Waals surface area contributed by atoms with E-state index < -0.39 is 104 Å². The number of hydrogen-bond acceptors (Lipinski definition) is 13. The Kier molecular flexibility index (Phi) is 12.4. The zero-order valence-corrected chi connectivity index (χ0v) is 28.3. The molecule has 3 saturated heterocycles. The number of nitrogens with zero attached hydrogens (tertiary/aromatic N) is 1. The second-order valence-electron chi connectivity index (χ2n) is 13.4. The first-order chi connectivity index (χ1) is 25.4. The fourth-order valence-corrected chi connectivity index (χ4v) is 7.03. The first-order valence-electron chi connectivity index (χ1n) is 17.2. The Morgan fingerprint density at radius 1 is 0.717 bits per heavy atom. The molecule has 1 amide bonds. The molecule has 0 radical (unpaired) electrons. The van der Waals surface area contributed by atoms with Crippen molar-refractivity contribution < 1.29 is 73.4 Å². The number of β-lactam (4-membered cyclic amide) rings is 1.